The van der Waals surface area contributed by atoms with Crippen LogP contribution >= 0.6 is 0 Å². The van der Waals surface area contributed by atoms with Gasteiger partial charge in [0.1, 0.15) is 11.6 Å². The van der Waals surface area contributed by atoms with E-state index in [2.05, 4.69) is 27.4 Å². The Bertz CT molecular complexity index is 1140. The minimum Gasteiger partial charge on any atom is -0.359 e. The number of hydrogen-bond donors (Lipinski definition) is 2. The van der Waals surface area contributed by atoms with Crippen molar-refractivity contribution in [1.82, 2.24) is 20.0 Å². The summed E-state index contributed by atoms with van der Waals surface area (Å²) in [7, 11) is 0. The number of carbonyl (C=O) groups is 3. The molecule has 9 heteroatoms. The lowest BCUT2D eigenvalue weighted by atomic mass is 9.74. The summed E-state index contributed by atoms with van der Waals surface area (Å²) in [6.45, 7) is 10.3. The second kappa shape index (κ2) is 11.3. The van der Waals surface area contributed by atoms with Gasteiger partial charge in [0, 0.05) is 51.0 Å². The van der Waals surface area contributed by atoms with Crippen molar-refractivity contribution in [2.45, 2.75) is 69.7 Å². The molecule has 1 spiro atoms. The fraction of sp³-hybridized carbons (Fsp3) is 0.645. The second-order valence-corrected chi connectivity index (χ2v) is 12.2. The van der Waals surface area contributed by atoms with Gasteiger partial charge >= 0.3 is 0 Å². The van der Waals surface area contributed by atoms with Crippen molar-refractivity contribution in [1.29, 1.82) is 0 Å². The lowest BCUT2D eigenvalue weighted by Crippen LogP contribution is -2.57. The van der Waals surface area contributed by atoms with E-state index in [1.54, 1.807) is 4.90 Å². The Morgan fingerprint density at radius 2 is 1.68 bits per heavy atom. The average molecular weight is 550 g/mol. The molecule has 2 bridgehead atoms. The largest absolute Gasteiger partial charge is 0.359 e. The van der Waals surface area contributed by atoms with Crippen LogP contribution in [0, 0.1) is 18.8 Å². The van der Waals surface area contributed by atoms with Crippen molar-refractivity contribution in [2.75, 3.05) is 51.1 Å². The third kappa shape index (κ3) is 4.97. The summed E-state index contributed by atoms with van der Waals surface area (Å²) in [4.78, 5) is 48.3. The summed E-state index contributed by atoms with van der Waals surface area (Å²) in [5.74, 6) is -1.92. The highest BCUT2D eigenvalue weighted by molar-refractivity contribution is 6.02. The topological polar surface area (TPSA) is 94.2 Å². The summed E-state index contributed by atoms with van der Waals surface area (Å²) in [5, 5.41) is 6.28. The van der Waals surface area contributed by atoms with Crippen LogP contribution in [0.5, 0.6) is 0 Å². The van der Waals surface area contributed by atoms with Crippen molar-refractivity contribution >= 4 is 23.4 Å². The van der Waals surface area contributed by atoms with Crippen molar-refractivity contribution < 1.29 is 19.1 Å². The highest BCUT2D eigenvalue weighted by atomic mass is 16.5. The Morgan fingerprint density at radius 3 is 2.38 bits per heavy atom. The van der Waals surface area contributed by atoms with Crippen LogP contribution in [0.1, 0.15) is 44.6 Å². The molecule has 4 fully saturated rings. The minimum atomic E-state index is -1.11. The maximum atomic E-state index is 14.2. The molecule has 3 saturated heterocycles. The summed E-state index contributed by atoms with van der Waals surface area (Å²) >= 11 is 0. The average Bonchev–Trinajstić information content (AvgIpc) is 3.61. The van der Waals surface area contributed by atoms with Crippen LogP contribution in [0.2, 0.25) is 0 Å². The molecular formula is C31H43N5O4. The molecule has 216 valence electrons. The molecule has 1 saturated carbocycles. The number of ether oxygens (including phenoxy) is 1. The van der Waals surface area contributed by atoms with E-state index in [1.807, 2.05) is 43.3 Å². The first-order valence-corrected chi connectivity index (χ1v) is 15.2. The zero-order valence-corrected chi connectivity index (χ0v) is 23.8. The van der Waals surface area contributed by atoms with Gasteiger partial charge in [0.2, 0.25) is 17.7 Å². The van der Waals surface area contributed by atoms with E-state index < -0.39 is 29.6 Å². The molecule has 2 N–H and O–H groups in total. The summed E-state index contributed by atoms with van der Waals surface area (Å²) in [5.41, 5.74) is 0.681. The summed E-state index contributed by atoms with van der Waals surface area (Å²) < 4.78 is 6.50. The fourth-order valence-corrected chi connectivity index (χ4v) is 7.48. The van der Waals surface area contributed by atoms with Crippen LogP contribution in [0.25, 0.3) is 0 Å². The molecule has 5 atom stereocenters. The van der Waals surface area contributed by atoms with Crippen LogP contribution in [-0.2, 0) is 19.1 Å². The van der Waals surface area contributed by atoms with Gasteiger partial charge in [0.15, 0.2) is 0 Å². The van der Waals surface area contributed by atoms with E-state index in [0.29, 0.717) is 18.8 Å². The number of likely N-dealkylation sites (tertiary alicyclic amines) is 1. The predicted octanol–water partition coefficient (Wildman–Crippen LogP) is 2.17. The van der Waals surface area contributed by atoms with Crippen LogP contribution in [0.4, 0.5) is 5.69 Å². The molecule has 0 radical (unpaired) electrons. The number of hydrogen-bond acceptors (Lipinski definition) is 6. The van der Waals surface area contributed by atoms with Gasteiger partial charge in [-0.1, -0.05) is 56.0 Å². The van der Waals surface area contributed by atoms with Crippen molar-refractivity contribution in [3.8, 4) is 0 Å². The highest BCUT2D eigenvalue weighted by Gasteiger charge is 2.72. The molecule has 5 aliphatic rings. The highest BCUT2D eigenvalue weighted by Crippen LogP contribution is 2.55. The molecule has 6 rings (SSSR count). The quantitative estimate of drug-likeness (QED) is 0.483. The van der Waals surface area contributed by atoms with Crippen molar-refractivity contribution in [3.05, 3.63) is 42.0 Å². The number of fused-ring (bicyclic) bond motifs is 1. The van der Waals surface area contributed by atoms with Crippen LogP contribution in [0.15, 0.2) is 36.4 Å². The van der Waals surface area contributed by atoms with E-state index in [9.17, 15) is 14.4 Å². The number of anilines is 1. The number of benzene rings is 1. The van der Waals surface area contributed by atoms with Gasteiger partial charge in [-0.3, -0.25) is 19.3 Å². The monoisotopic (exact) mass is 549 g/mol. The lowest BCUT2D eigenvalue weighted by Gasteiger charge is -2.37. The number of rotatable bonds is 8. The second-order valence-electron chi connectivity index (χ2n) is 12.2. The molecule has 40 heavy (non-hydrogen) atoms. The number of nitrogens with one attached hydrogen (secondary N) is 2. The number of carbonyl (C=O) groups excluding carboxylic acids is 3. The van der Waals surface area contributed by atoms with E-state index in [1.165, 1.54) is 6.42 Å². The fourth-order valence-electron chi connectivity index (χ4n) is 7.48. The first-order chi connectivity index (χ1) is 19.4. The van der Waals surface area contributed by atoms with Crippen LogP contribution in [-0.4, -0.2) is 102 Å². The standard InChI is InChI=1S/C31H43N5O4/c1-3-34-15-17-35(18-16-34)19-20-36-27(29(38)33-22-7-5-4-6-8-22)31-14-13-24(40-31)25(26(31)30(36)39)28(37)32-23-11-9-21(2)10-12-23/h9-14,22,24-27H,3-8,15-20H2,1-2H3,(H,32,37)(H,33,38)/t24-,25-,26-,27+,31+/m1/s1. The zero-order chi connectivity index (χ0) is 27.9. The molecule has 3 amide bonds. The maximum Gasteiger partial charge on any atom is 0.246 e. The Balaban J connectivity index is 1.24. The molecule has 1 aromatic carbocycles. The van der Waals surface area contributed by atoms with Gasteiger partial charge < -0.3 is 25.2 Å². The molecule has 1 aromatic rings. The van der Waals surface area contributed by atoms with E-state index in [-0.39, 0.29) is 23.8 Å². The summed E-state index contributed by atoms with van der Waals surface area (Å²) in [6.07, 6.45) is 8.61. The van der Waals surface area contributed by atoms with Gasteiger partial charge in [0.05, 0.1) is 17.9 Å². The number of nitrogens with zero attached hydrogens (tertiary/aromatic N) is 3. The smallest absolute Gasteiger partial charge is 0.246 e. The summed E-state index contributed by atoms with van der Waals surface area (Å²) in [6, 6.07) is 6.98. The number of amides is 3. The van der Waals surface area contributed by atoms with Gasteiger partial charge in [-0.2, -0.15) is 0 Å². The predicted molar refractivity (Wildman–Crippen MR) is 153 cm³/mol. The van der Waals surface area contributed by atoms with Crippen molar-refractivity contribution in [3.63, 3.8) is 0 Å². The molecular weight excluding hydrogens is 506 g/mol. The zero-order valence-electron chi connectivity index (χ0n) is 23.8. The molecule has 0 unspecified atom stereocenters. The molecule has 1 aliphatic carbocycles. The first-order valence-electron chi connectivity index (χ1n) is 15.2. The Labute approximate surface area is 237 Å². The molecule has 0 aromatic heterocycles. The first kappa shape index (κ1) is 27.4. The van der Waals surface area contributed by atoms with Crippen LogP contribution in [0.3, 0.4) is 0 Å². The van der Waals surface area contributed by atoms with Crippen molar-refractivity contribution in [2.24, 2.45) is 11.8 Å². The number of piperazine rings is 1. The van der Waals surface area contributed by atoms with Gasteiger partial charge in [-0.15, -0.1) is 0 Å². The molecule has 9 nitrogen and oxygen atoms in total. The third-order valence-electron chi connectivity index (χ3n) is 9.76. The molecule has 4 heterocycles. The molecule has 4 aliphatic heterocycles. The van der Waals surface area contributed by atoms with E-state index >= 15 is 0 Å². The van der Waals surface area contributed by atoms with Gasteiger partial charge in [-0.05, 0) is 38.4 Å². The third-order valence-corrected chi connectivity index (χ3v) is 9.76. The lowest BCUT2D eigenvalue weighted by molar-refractivity contribution is -0.141. The normalized spacial score (nSPS) is 32.5. The Kier molecular flexibility index (Phi) is 7.72. The number of likely N-dealkylation sites (N-methyl/N-ethyl adjacent to an activating group) is 1. The van der Waals surface area contributed by atoms with Crippen LogP contribution < -0.4 is 10.6 Å². The van der Waals surface area contributed by atoms with E-state index in [0.717, 1.165) is 64.0 Å². The van der Waals surface area contributed by atoms with Gasteiger partial charge in [-0.25, -0.2) is 0 Å². The minimum absolute atomic E-state index is 0.124. The van der Waals surface area contributed by atoms with Gasteiger partial charge in [0.25, 0.3) is 0 Å². The SMILES string of the molecule is CCN1CCN(CCN2C(=O)[C@H]3[C@H](C(=O)Nc4ccc(C)cc4)[C@H]4C=C[C@@]3(O4)[C@@H]2C(=O)NC2CCCCC2)CC1. The van der Waals surface area contributed by atoms with E-state index in [4.69, 9.17) is 4.74 Å². The Morgan fingerprint density at radius 1 is 0.975 bits per heavy atom. The number of aryl methyl sites for hydroxylation is 1. The maximum absolute atomic E-state index is 14.2. The Hall–Kier alpha value is -2.75.